The minimum atomic E-state index is -0.298. The molecule has 1 aliphatic heterocycles. The second-order valence-corrected chi connectivity index (χ2v) is 6.69. The van der Waals surface area contributed by atoms with Crippen LogP contribution in [0.15, 0.2) is 42.5 Å². The summed E-state index contributed by atoms with van der Waals surface area (Å²) in [5, 5.41) is 2.68. The van der Waals surface area contributed by atoms with Gasteiger partial charge in [-0.25, -0.2) is 0 Å². The van der Waals surface area contributed by atoms with E-state index in [1.54, 1.807) is 54.4 Å². The summed E-state index contributed by atoms with van der Waals surface area (Å²) >= 11 is 0. The molecule has 29 heavy (non-hydrogen) atoms. The van der Waals surface area contributed by atoms with Crippen molar-refractivity contribution in [1.82, 2.24) is 5.32 Å². The van der Waals surface area contributed by atoms with E-state index < -0.39 is 0 Å². The molecule has 2 aromatic rings. The number of nitrogens with one attached hydrogen (secondary N) is 1. The number of carbonyl (C=O) groups is 3. The van der Waals surface area contributed by atoms with Crippen LogP contribution in [0, 0.1) is 0 Å². The van der Waals surface area contributed by atoms with Gasteiger partial charge in [-0.1, -0.05) is 0 Å². The van der Waals surface area contributed by atoms with E-state index in [-0.39, 0.29) is 37.2 Å². The quantitative estimate of drug-likeness (QED) is 0.658. The van der Waals surface area contributed by atoms with Crippen LogP contribution in [0.2, 0.25) is 0 Å². The number of fused-ring (bicyclic) bond motifs is 1. The molecule has 2 amide bonds. The molecule has 1 heterocycles. The van der Waals surface area contributed by atoms with E-state index in [0.717, 1.165) is 17.0 Å². The van der Waals surface area contributed by atoms with Crippen molar-refractivity contribution < 1.29 is 23.9 Å². The molecule has 3 rings (SSSR count). The Morgan fingerprint density at radius 1 is 1.07 bits per heavy atom. The molecule has 0 unspecified atom stereocenters. The lowest BCUT2D eigenvalue weighted by Crippen LogP contribution is -2.30. The van der Waals surface area contributed by atoms with Gasteiger partial charge in [0.1, 0.15) is 11.5 Å². The van der Waals surface area contributed by atoms with Gasteiger partial charge in [0.25, 0.3) is 5.91 Å². The van der Waals surface area contributed by atoms with Crippen molar-refractivity contribution in [3.05, 3.63) is 53.6 Å². The van der Waals surface area contributed by atoms with Crippen LogP contribution in [0.3, 0.4) is 0 Å². The molecule has 152 valence electrons. The molecule has 0 saturated carbocycles. The van der Waals surface area contributed by atoms with Crippen molar-refractivity contribution in [3.63, 3.8) is 0 Å². The van der Waals surface area contributed by atoms with Crippen molar-refractivity contribution in [2.24, 2.45) is 0 Å². The number of benzene rings is 2. The second kappa shape index (κ2) is 9.23. The van der Waals surface area contributed by atoms with Gasteiger partial charge < -0.3 is 19.7 Å². The van der Waals surface area contributed by atoms with E-state index in [1.807, 2.05) is 6.92 Å². The first-order chi connectivity index (χ1) is 14.0. The van der Waals surface area contributed by atoms with Crippen LogP contribution in [0.25, 0.3) is 0 Å². The fourth-order valence-corrected chi connectivity index (χ4v) is 3.10. The fraction of sp³-hybridized carbons (Fsp3) is 0.318. The second-order valence-electron chi connectivity index (χ2n) is 6.69. The number of likely N-dealkylation sites (N-methyl/N-ethyl adjacent to an activating group) is 1. The largest absolute Gasteiger partial charge is 0.494 e. The van der Waals surface area contributed by atoms with Crippen LogP contribution in [0.1, 0.15) is 29.3 Å². The molecule has 0 aliphatic carbocycles. The van der Waals surface area contributed by atoms with E-state index in [1.165, 1.54) is 0 Å². The molecule has 7 heteroatoms. The number of ketones is 1. The molecule has 1 N–H and O–H groups in total. The van der Waals surface area contributed by atoms with Crippen LogP contribution in [0.5, 0.6) is 11.5 Å². The molecule has 0 spiro atoms. The zero-order chi connectivity index (χ0) is 20.8. The number of hydrogen-bond acceptors (Lipinski definition) is 5. The first-order valence-electron chi connectivity index (χ1n) is 9.53. The number of hydrogen-bond donors (Lipinski definition) is 1. The van der Waals surface area contributed by atoms with E-state index in [9.17, 15) is 14.4 Å². The average molecular weight is 396 g/mol. The zero-order valence-corrected chi connectivity index (χ0v) is 16.6. The Morgan fingerprint density at radius 2 is 1.76 bits per heavy atom. The molecule has 0 fully saturated rings. The molecule has 0 bridgehead atoms. The third-order valence-electron chi connectivity index (χ3n) is 4.66. The summed E-state index contributed by atoms with van der Waals surface area (Å²) in [5.74, 6) is 0.947. The van der Waals surface area contributed by atoms with E-state index in [4.69, 9.17) is 9.47 Å². The fourth-order valence-electron chi connectivity index (χ4n) is 3.10. The van der Waals surface area contributed by atoms with Gasteiger partial charge in [0.2, 0.25) is 5.91 Å². The third-order valence-corrected chi connectivity index (χ3v) is 4.66. The van der Waals surface area contributed by atoms with Gasteiger partial charge >= 0.3 is 0 Å². The SMILES string of the molecule is CCOc1ccc(OCC(=O)NCCC(=O)c2ccc3c(c2)CC(=O)N3C)cc1. The lowest BCUT2D eigenvalue weighted by Gasteiger charge is -2.10. The van der Waals surface area contributed by atoms with Crippen LogP contribution in [0.4, 0.5) is 5.69 Å². The number of amides is 2. The van der Waals surface area contributed by atoms with Gasteiger partial charge in [-0.05, 0) is 55.0 Å². The van der Waals surface area contributed by atoms with Crippen LogP contribution in [-0.4, -0.2) is 44.4 Å². The Balaban J connectivity index is 1.41. The highest BCUT2D eigenvalue weighted by molar-refractivity contribution is 6.03. The first kappa shape index (κ1) is 20.4. The topological polar surface area (TPSA) is 84.9 Å². The number of Topliss-reactive ketones (excluding diaryl/α,β-unsaturated/α-hetero) is 1. The highest BCUT2D eigenvalue weighted by Gasteiger charge is 2.24. The predicted molar refractivity (Wildman–Crippen MR) is 109 cm³/mol. The zero-order valence-electron chi connectivity index (χ0n) is 16.6. The summed E-state index contributed by atoms with van der Waals surface area (Å²) in [4.78, 5) is 37.6. The molecule has 0 saturated heterocycles. The molecule has 0 radical (unpaired) electrons. The normalized spacial score (nSPS) is 12.5. The lowest BCUT2D eigenvalue weighted by molar-refractivity contribution is -0.123. The summed E-state index contributed by atoms with van der Waals surface area (Å²) < 4.78 is 10.8. The van der Waals surface area contributed by atoms with Crippen LogP contribution >= 0.6 is 0 Å². The van der Waals surface area contributed by atoms with Crippen LogP contribution in [-0.2, 0) is 16.0 Å². The predicted octanol–water partition coefficient (Wildman–Crippen LogP) is 2.37. The number of carbonyl (C=O) groups excluding carboxylic acids is 3. The van der Waals surface area contributed by atoms with Crippen LogP contribution < -0.4 is 19.7 Å². The van der Waals surface area contributed by atoms with Crippen molar-refractivity contribution in [2.75, 3.05) is 31.7 Å². The summed E-state index contributed by atoms with van der Waals surface area (Å²) in [6.07, 6.45) is 0.490. The number of ether oxygens (including phenoxy) is 2. The van der Waals surface area contributed by atoms with Gasteiger partial charge in [-0.15, -0.1) is 0 Å². The number of nitrogens with zero attached hydrogens (tertiary/aromatic N) is 1. The standard InChI is InChI=1S/C22H24N2O5/c1-3-28-17-5-7-18(8-6-17)29-14-21(26)23-11-10-20(25)15-4-9-19-16(12-15)13-22(27)24(19)2/h4-9,12H,3,10-11,13-14H2,1-2H3,(H,23,26). The van der Waals surface area contributed by atoms with E-state index in [0.29, 0.717) is 24.3 Å². The maximum absolute atomic E-state index is 12.4. The maximum Gasteiger partial charge on any atom is 0.257 e. The Morgan fingerprint density at radius 3 is 2.45 bits per heavy atom. The monoisotopic (exact) mass is 396 g/mol. The molecule has 1 aliphatic rings. The smallest absolute Gasteiger partial charge is 0.257 e. The molecule has 7 nitrogen and oxygen atoms in total. The summed E-state index contributed by atoms with van der Waals surface area (Å²) in [6.45, 7) is 2.58. The molecular weight excluding hydrogens is 372 g/mol. The number of anilines is 1. The Hall–Kier alpha value is -3.35. The molecule has 2 aromatic carbocycles. The Bertz CT molecular complexity index is 908. The minimum Gasteiger partial charge on any atom is -0.494 e. The molecular formula is C22H24N2O5. The summed E-state index contributed by atoms with van der Waals surface area (Å²) in [5.41, 5.74) is 2.24. The highest BCUT2D eigenvalue weighted by atomic mass is 16.5. The van der Waals surface area contributed by atoms with E-state index in [2.05, 4.69) is 5.32 Å². The van der Waals surface area contributed by atoms with E-state index >= 15 is 0 Å². The van der Waals surface area contributed by atoms with Gasteiger partial charge in [-0.3, -0.25) is 14.4 Å². The minimum absolute atomic E-state index is 0.0180. The lowest BCUT2D eigenvalue weighted by atomic mass is 10.0. The van der Waals surface area contributed by atoms with Crippen molar-refractivity contribution in [3.8, 4) is 11.5 Å². The summed E-state index contributed by atoms with van der Waals surface area (Å²) in [6, 6.07) is 12.3. The van der Waals surface area contributed by atoms with Gasteiger partial charge in [0.15, 0.2) is 12.4 Å². The molecule has 0 atom stereocenters. The van der Waals surface area contributed by atoms with Crippen molar-refractivity contribution in [2.45, 2.75) is 19.8 Å². The number of rotatable bonds is 9. The van der Waals surface area contributed by atoms with Gasteiger partial charge in [-0.2, -0.15) is 0 Å². The third kappa shape index (κ3) is 5.13. The molecule has 0 aromatic heterocycles. The van der Waals surface area contributed by atoms with Gasteiger partial charge in [0.05, 0.1) is 13.0 Å². The summed E-state index contributed by atoms with van der Waals surface area (Å²) in [7, 11) is 1.72. The first-order valence-corrected chi connectivity index (χ1v) is 9.53. The maximum atomic E-state index is 12.4. The highest BCUT2D eigenvalue weighted by Crippen LogP contribution is 2.28. The Kier molecular flexibility index (Phi) is 6.49. The van der Waals surface area contributed by atoms with Gasteiger partial charge in [0, 0.05) is 31.3 Å². The Labute approximate surface area is 169 Å². The average Bonchev–Trinajstić information content (AvgIpc) is 3.01. The van der Waals surface area contributed by atoms with Crippen molar-refractivity contribution in [1.29, 1.82) is 0 Å². The van der Waals surface area contributed by atoms with Crippen molar-refractivity contribution >= 4 is 23.3 Å².